The summed E-state index contributed by atoms with van der Waals surface area (Å²) in [5.41, 5.74) is 7.89. The van der Waals surface area contributed by atoms with Crippen LogP contribution in [0.3, 0.4) is 0 Å². The van der Waals surface area contributed by atoms with Crippen LogP contribution in [0.4, 0.5) is 0 Å². The molecule has 4 aliphatic heterocycles. The van der Waals surface area contributed by atoms with E-state index >= 15 is 0 Å². The standard InChI is InChI=1S/C44H30N4/c1-2-28-4-3-27(1)13-35-15-37-19-45-17-31-9-11-33-23-47(25-39(35)43(33)41(31)37)21-29-5-7-30(8-6-29)22-48-24-34-12-10-32-18-46-20-38-16-36(14-28)40(26-48)44(34)42(32)38/h1-12,15-20,23-26H,13-14,21-22H2/q+2. The highest BCUT2D eigenvalue weighted by Crippen LogP contribution is 2.38. The van der Waals surface area contributed by atoms with Crippen molar-refractivity contribution in [3.8, 4) is 0 Å². The van der Waals surface area contributed by atoms with Crippen molar-refractivity contribution in [2.24, 2.45) is 0 Å². The van der Waals surface area contributed by atoms with Crippen LogP contribution in [0.5, 0.6) is 0 Å². The number of benzene rings is 6. The van der Waals surface area contributed by atoms with Crippen molar-refractivity contribution in [3.05, 3.63) is 168 Å². The van der Waals surface area contributed by atoms with Crippen molar-refractivity contribution in [1.82, 2.24) is 9.97 Å². The van der Waals surface area contributed by atoms with Gasteiger partial charge in [0.1, 0.15) is 0 Å². The van der Waals surface area contributed by atoms with Gasteiger partial charge in [-0.1, -0.05) is 60.7 Å². The van der Waals surface area contributed by atoms with E-state index in [0.717, 1.165) is 25.9 Å². The molecule has 0 saturated carbocycles. The second-order valence-corrected chi connectivity index (χ2v) is 13.7. The largest absolute Gasteiger partial charge is 0.263 e. The first-order valence-corrected chi connectivity index (χ1v) is 16.7. The van der Waals surface area contributed by atoms with E-state index in [1.807, 2.05) is 24.8 Å². The van der Waals surface area contributed by atoms with Crippen LogP contribution >= 0.6 is 0 Å². The molecule has 48 heavy (non-hydrogen) atoms. The van der Waals surface area contributed by atoms with Gasteiger partial charge >= 0.3 is 0 Å². The maximum Gasteiger partial charge on any atom is 0.177 e. The predicted molar refractivity (Wildman–Crippen MR) is 193 cm³/mol. The highest BCUT2D eigenvalue weighted by atomic mass is 14.9. The maximum absolute atomic E-state index is 4.59. The average Bonchev–Trinajstić information content (AvgIpc) is 3.11. The molecule has 0 aliphatic carbocycles. The first-order valence-electron chi connectivity index (χ1n) is 16.7. The highest BCUT2D eigenvalue weighted by molar-refractivity contribution is 6.24. The van der Waals surface area contributed by atoms with Gasteiger partial charge in [-0.2, -0.15) is 9.13 Å². The molecule has 0 fully saturated rings. The molecule has 10 aromatic rings. The van der Waals surface area contributed by atoms with Crippen LogP contribution in [0.25, 0.3) is 64.6 Å². The zero-order valence-corrected chi connectivity index (χ0v) is 26.3. The Kier molecular flexibility index (Phi) is 5.31. The summed E-state index contributed by atoms with van der Waals surface area (Å²) in [4.78, 5) is 9.19. The number of rotatable bonds is 0. The monoisotopic (exact) mass is 614 g/mol. The summed E-state index contributed by atoms with van der Waals surface area (Å²) in [6, 6.07) is 32.2. The molecule has 4 aromatic heterocycles. The lowest BCUT2D eigenvalue weighted by Gasteiger charge is -2.15. The minimum absolute atomic E-state index is 0.818. The summed E-state index contributed by atoms with van der Waals surface area (Å²) in [5.74, 6) is 0. The molecule has 4 nitrogen and oxygen atoms in total. The van der Waals surface area contributed by atoms with Gasteiger partial charge in [0.15, 0.2) is 37.9 Å². The van der Waals surface area contributed by atoms with Gasteiger partial charge in [0.05, 0.1) is 10.8 Å². The zero-order chi connectivity index (χ0) is 31.3. The molecular formula is C44H30N4+2. The summed E-state index contributed by atoms with van der Waals surface area (Å²) in [5, 5.41) is 15.3. The molecule has 0 unspecified atom stereocenters. The van der Waals surface area contributed by atoms with Gasteiger partial charge < -0.3 is 0 Å². The molecule has 0 saturated heterocycles. The van der Waals surface area contributed by atoms with Crippen molar-refractivity contribution < 1.29 is 9.13 Å². The van der Waals surface area contributed by atoms with Gasteiger partial charge in [0.2, 0.25) is 0 Å². The molecule has 0 amide bonds. The minimum Gasteiger partial charge on any atom is -0.263 e. The Morgan fingerprint density at radius 3 is 1.23 bits per heavy atom. The Labute approximate surface area is 276 Å². The normalized spacial score (nSPS) is 13.5. The fraction of sp³-hybridized carbons (Fsp3) is 0.0909. The lowest BCUT2D eigenvalue weighted by atomic mass is 9.90. The number of hydrogen-bond donors (Lipinski definition) is 0. The van der Waals surface area contributed by atoms with E-state index in [1.165, 1.54) is 98.0 Å². The topological polar surface area (TPSA) is 33.5 Å². The minimum atomic E-state index is 0.818. The molecule has 0 spiro atoms. The third-order valence-corrected chi connectivity index (χ3v) is 10.6. The second kappa shape index (κ2) is 9.76. The summed E-state index contributed by atoms with van der Waals surface area (Å²) in [6.07, 6.45) is 19.1. The van der Waals surface area contributed by atoms with Crippen molar-refractivity contribution in [2.75, 3.05) is 0 Å². The van der Waals surface area contributed by atoms with Gasteiger partial charge in [-0.05, 0) is 59.4 Å². The average molecular weight is 615 g/mol. The Morgan fingerprint density at radius 2 is 0.771 bits per heavy atom. The summed E-state index contributed by atoms with van der Waals surface area (Å²) >= 11 is 0. The van der Waals surface area contributed by atoms with Crippen molar-refractivity contribution in [2.45, 2.75) is 25.9 Å². The molecule has 0 N–H and O–H groups in total. The molecular weight excluding hydrogens is 585 g/mol. The Bertz CT molecular complexity index is 2670. The lowest BCUT2D eigenvalue weighted by molar-refractivity contribution is -0.686. The molecule has 0 atom stereocenters. The summed E-state index contributed by atoms with van der Waals surface area (Å²) in [7, 11) is 0. The molecule has 8 bridgehead atoms. The third kappa shape index (κ3) is 3.96. The maximum atomic E-state index is 4.59. The van der Waals surface area contributed by atoms with Crippen LogP contribution in [0.1, 0.15) is 33.4 Å². The Morgan fingerprint density at radius 1 is 0.375 bits per heavy atom. The van der Waals surface area contributed by atoms with Crippen molar-refractivity contribution in [3.63, 3.8) is 0 Å². The van der Waals surface area contributed by atoms with Crippen LogP contribution < -0.4 is 9.13 Å². The van der Waals surface area contributed by atoms with Crippen molar-refractivity contribution in [1.29, 1.82) is 0 Å². The second-order valence-electron chi connectivity index (χ2n) is 13.7. The summed E-state index contributed by atoms with van der Waals surface area (Å²) in [6.45, 7) is 1.64. The zero-order valence-electron chi connectivity index (χ0n) is 26.3. The first-order chi connectivity index (χ1) is 23.7. The van der Waals surface area contributed by atoms with Crippen molar-refractivity contribution >= 4 is 64.6 Å². The summed E-state index contributed by atoms with van der Waals surface area (Å²) < 4.78 is 4.73. The molecule has 6 aromatic carbocycles. The Hall–Kier alpha value is -6.00. The third-order valence-electron chi connectivity index (χ3n) is 10.6. The lowest BCUT2D eigenvalue weighted by Crippen LogP contribution is -2.34. The first kappa shape index (κ1) is 26.1. The van der Waals surface area contributed by atoms with E-state index in [4.69, 9.17) is 0 Å². The molecule has 4 aliphatic rings. The van der Waals surface area contributed by atoms with E-state index in [1.54, 1.807) is 0 Å². The van der Waals surface area contributed by atoms with E-state index in [0.29, 0.717) is 0 Å². The number of pyridine rings is 4. The van der Waals surface area contributed by atoms with Crippen LogP contribution in [0, 0.1) is 0 Å². The van der Waals surface area contributed by atoms with Gasteiger partial charge in [0.25, 0.3) is 0 Å². The van der Waals surface area contributed by atoms with Gasteiger partial charge in [-0.25, -0.2) is 0 Å². The highest BCUT2D eigenvalue weighted by Gasteiger charge is 2.20. The van der Waals surface area contributed by atoms with Gasteiger partial charge in [0, 0.05) is 89.8 Å². The molecule has 4 heteroatoms. The number of aromatic nitrogens is 4. The van der Waals surface area contributed by atoms with Crippen LogP contribution in [-0.4, -0.2) is 9.97 Å². The fourth-order valence-corrected chi connectivity index (χ4v) is 8.42. The molecule has 0 radical (unpaired) electrons. The van der Waals surface area contributed by atoms with Gasteiger partial charge in [-0.3, -0.25) is 9.97 Å². The smallest absolute Gasteiger partial charge is 0.177 e. The molecule has 224 valence electrons. The SMILES string of the molecule is c1cc2ccc1Cc1cc3cncc4ccc5c[n+](cc1c5c43)Cc1ccc(cc1)C[n+]1cc3ccc4cncc5cc(c(c1)c3c45)C2. The van der Waals surface area contributed by atoms with Crippen LogP contribution in [0.2, 0.25) is 0 Å². The van der Waals surface area contributed by atoms with E-state index in [9.17, 15) is 0 Å². The molecule has 8 heterocycles. The number of nitrogens with zero attached hydrogens (tertiary/aromatic N) is 4. The fourth-order valence-electron chi connectivity index (χ4n) is 8.42. The van der Waals surface area contributed by atoms with Crippen LogP contribution in [0.15, 0.2) is 135 Å². The van der Waals surface area contributed by atoms with E-state index < -0.39 is 0 Å². The van der Waals surface area contributed by atoms with E-state index in [2.05, 4.69) is 129 Å². The quantitative estimate of drug-likeness (QED) is 0.127. The number of hydrogen-bond acceptors (Lipinski definition) is 2. The Balaban J connectivity index is 1.13. The van der Waals surface area contributed by atoms with E-state index in [-0.39, 0.29) is 0 Å². The van der Waals surface area contributed by atoms with Gasteiger partial charge in [-0.15, -0.1) is 0 Å². The van der Waals surface area contributed by atoms with Crippen LogP contribution in [-0.2, 0) is 25.9 Å². The predicted octanol–water partition coefficient (Wildman–Crippen LogP) is 8.44. The molecule has 14 rings (SSSR count).